The maximum absolute atomic E-state index is 5.94. The minimum atomic E-state index is 0.291. The monoisotopic (exact) mass is 253 g/mol. The van der Waals surface area contributed by atoms with Crippen LogP contribution in [0.4, 0.5) is 10.8 Å². The minimum absolute atomic E-state index is 0.291. The summed E-state index contributed by atoms with van der Waals surface area (Å²) in [6, 6.07) is 0. The Bertz CT molecular complexity index is 391. The molecular weight excluding hydrogens is 230 g/mol. The van der Waals surface area contributed by atoms with Gasteiger partial charge in [0.2, 0.25) is 0 Å². The first-order valence-electron chi connectivity index (χ1n) is 6.40. The number of hydrogen-bond acceptors (Lipinski definition) is 4. The SMILES string of the molecule is CC(C)C(C)(C)CNc1snc(N)c1C1CC1. The van der Waals surface area contributed by atoms with Crippen LogP contribution in [-0.4, -0.2) is 10.9 Å². The van der Waals surface area contributed by atoms with Gasteiger partial charge in [0, 0.05) is 12.1 Å². The Kier molecular flexibility index (Phi) is 3.34. The third-order valence-electron chi connectivity index (χ3n) is 4.01. The third-order valence-corrected chi connectivity index (χ3v) is 4.84. The summed E-state index contributed by atoms with van der Waals surface area (Å²) >= 11 is 1.51. The lowest BCUT2D eigenvalue weighted by molar-refractivity contribution is 0.270. The molecule has 2 rings (SSSR count). The van der Waals surface area contributed by atoms with Gasteiger partial charge in [-0.05, 0) is 41.6 Å². The first kappa shape index (κ1) is 12.7. The molecule has 1 heterocycles. The van der Waals surface area contributed by atoms with E-state index >= 15 is 0 Å². The van der Waals surface area contributed by atoms with Crippen LogP contribution >= 0.6 is 11.5 Å². The Balaban J connectivity index is 2.04. The van der Waals surface area contributed by atoms with E-state index in [1.54, 1.807) is 0 Å². The average Bonchev–Trinajstić information content (AvgIpc) is 3.00. The van der Waals surface area contributed by atoms with Crippen molar-refractivity contribution in [3.05, 3.63) is 5.56 Å². The van der Waals surface area contributed by atoms with Crippen molar-refractivity contribution in [3.63, 3.8) is 0 Å². The largest absolute Gasteiger partial charge is 0.383 e. The number of aromatic nitrogens is 1. The van der Waals surface area contributed by atoms with Crippen LogP contribution < -0.4 is 11.1 Å². The maximum atomic E-state index is 5.94. The molecule has 0 bridgehead atoms. The molecule has 0 atom stereocenters. The smallest absolute Gasteiger partial charge is 0.142 e. The Morgan fingerprint density at radius 2 is 2.12 bits per heavy atom. The fraction of sp³-hybridized carbons (Fsp3) is 0.769. The predicted octanol–water partition coefficient (Wildman–Crippen LogP) is 3.70. The zero-order valence-electron chi connectivity index (χ0n) is 11.2. The highest BCUT2D eigenvalue weighted by Gasteiger charge is 2.31. The van der Waals surface area contributed by atoms with Crippen molar-refractivity contribution in [3.8, 4) is 0 Å². The van der Waals surface area contributed by atoms with Crippen molar-refractivity contribution < 1.29 is 0 Å². The lowest BCUT2D eigenvalue weighted by Gasteiger charge is -2.29. The maximum Gasteiger partial charge on any atom is 0.142 e. The molecule has 0 spiro atoms. The topological polar surface area (TPSA) is 50.9 Å². The zero-order valence-corrected chi connectivity index (χ0v) is 12.0. The summed E-state index contributed by atoms with van der Waals surface area (Å²) < 4.78 is 4.28. The van der Waals surface area contributed by atoms with Crippen LogP contribution in [0.5, 0.6) is 0 Å². The quantitative estimate of drug-likeness (QED) is 0.841. The van der Waals surface area contributed by atoms with E-state index < -0.39 is 0 Å². The van der Waals surface area contributed by atoms with Crippen molar-refractivity contribution in [2.45, 2.75) is 46.5 Å². The van der Waals surface area contributed by atoms with Gasteiger partial charge in [0.25, 0.3) is 0 Å². The van der Waals surface area contributed by atoms with Crippen LogP contribution in [0.25, 0.3) is 0 Å². The predicted molar refractivity (Wildman–Crippen MR) is 75.6 cm³/mol. The lowest BCUT2D eigenvalue weighted by Crippen LogP contribution is -2.28. The normalized spacial score (nSPS) is 16.5. The van der Waals surface area contributed by atoms with Crippen LogP contribution in [-0.2, 0) is 0 Å². The Morgan fingerprint density at radius 1 is 1.47 bits per heavy atom. The van der Waals surface area contributed by atoms with E-state index in [9.17, 15) is 0 Å². The molecule has 0 aromatic carbocycles. The molecule has 0 saturated heterocycles. The highest BCUT2D eigenvalue weighted by Crippen LogP contribution is 2.47. The number of rotatable bonds is 5. The summed E-state index contributed by atoms with van der Waals surface area (Å²) in [5, 5.41) is 4.75. The second kappa shape index (κ2) is 4.48. The van der Waals surface area contributed by atoms with E-state index in [4.69, 9.17) is 5.73 Å². The minimum Gasteiger partial charge on any atom is -0.383 e. The van der Waals surface area contributed by atoms with E-state index in [0.717, 1.165) is 12.4 Å². The highest BCUT2D eigenvalue weighted by atomic mass is 32.1. The molecule has 1 fully saturated rings. The first-order chi connectivity index (χ1) is 7.92. The fourth-order valence-corrected chi connectivity index (χ4v) is 2.51. The highest BCUT2D eigenvalue weighted by molar-refractivity contribution is 7.10. The zero-order chi connectivity index (χ0) is 12.6. The van der Waals surface area contributed by atoms with Gasteiger partial charge in [-0.25, -0.2) is 0 Å². The second-order valence-electron chi connectivity index (χ2n) is 6.08. The van der Waals surface area contributed by atoms with Crippen molar-refractivity contribution in [2.24, 2.45) is 11.3 Å². The number of nitrogens with one attached hydrogen (secondary N) is 1. The van der Waals surface area contributed by atoms with E-state index in [2.05, 4.69) is 37.4 Å². The summed E-state index contributed by atoms with van der Waals surface area (Å²) in [4.78, 5) is 0. The molecule has 17 heavy (non-hydrogen) atoms. The third kappa shape index (κ3) is 2.73. The Hall–Kier alpha value is -0.770. The van der Waals surface area contributed by atoms with Gasteiger partial charge in [-0.3, -0.25) is 0 Å². The summed E-state index contributed by atoms with van der Waals surface area (Å²) in [6.07, 6.45) is 2.54. The van der Waals surface area contributed by atoms with Crippen molar-refractivity contribution in [1.29, 1.82) is 0 Å². The molecule has 4 heteroatoms. The first-order valence-corrected chi connectivity index (χ1v) is 7.18. The van der Waals surface area contributed by atoms with Crippen molar-refractivity contribution in [2.75, 3.05) is 17.6 Å². The van der Waals surface area contributed by atoms with Gasteiger partial charge in [-0.15, -0.1) is 0 Å². The standard InChI is InChI=1S/C13H23N3S/c1-8(2)13(3,4)7-15-12-10(9-5-6-9)11(14)16-17-12/h8-9,15H,5-7H2,1-4H3,(H2,14,16). The van der Waals surface area contributed by atoms with Gasteiger partial charge in [-0.1, -0.05) is 27.7 Å². The Morgan fingerprint density at radius 3 is 2.65 bits per heavy atom. The van der Waals surface area contributed by atoms with Crippen LogP contribution in [0.15, 0.2) is 0 Å². The van der Waals surface area contributed by atoms with Gasteiger partial charge >= 0.3 is 0 Å². The van der Waals surface area contributed by atoms with Crippen LogP contribution in [0.3, 0.4) is 0 Å². The molecule has 1 saturated carbocycles. The fourth-order valence-electron chi connectivity index (χ4n) is 1.72. The van der Waals surface area contributed by atoms with Crippen molar-refractivity contribution >= 4 is 22.4 Å². The molecular formula is C13H23N3S. The molecule has 0 radical (unpaired) electrons. The molecule has 3 nitrogen and oxygen atoms in total. The van der Waals surface area contributed by atoms with Gasteiger partial charge in [0.05, 0.1) is 0 Å². The Labute approximate surface area is 108 Å². The van der Waals surface area contributed by atoms with Crippen LogP contribution in [0.2, 0.25) is 0 Å². The summed E-state index contributed by atoms with van der Waals surface area (Å²) in [5.41, 5.74) is 7.50. The van der Waals surface area contributed by atoms with Crippen molar-refractivity contribution in [1.82, 2.24) is 4.37 Å². The molecule has 1 aliphatic carbocycles. The van der Waals surface area contributed by atoms with E-state index in [1.165, 1.54) is 34.9 Å². The second-order valence-corrected chi connectivity index (χ2v) is 6.86. The van der Waals surface area contributed by atoms with E-state index in [-0.39, 0.29) is 0 Å². The van der Waals surface area contributed by atoms with Crippen LogP contribution in [0.1, 0.15) is 52.0 Å². The van der Waals surface area contributed by atoms with Gasteiger partial charge in [0.15, 0.2) is 0 Å². The number of anilines is 2. The molecule has 96 valence electrons. The molecule has 3 N–H and O–H groups in total. The van der Waals surface area contributed by atoms with E-state index in [1.807, 2.05) is 0 Å². The number of nitrogens with zero attached hydrogens (tertiary/aromatic N) is 1. The molecule has 1 aromatic rings. The summed E-state index contributed by atoms with van der Waals surface area (Å²) in [7, 11) is 0. The molecule has 0 aliphatic heterocycles. The average molecular weight is 253 g/mol. The molecule has 0 unspecified atom stereocenters. The lowest BCUT2D eigenvalue weighted by atomic mass is 9.81. The van der Waals surface area contributed by atoms with Gasteiger partial charge in [-0.2, -0.15) is 4.37 Å². The van der Waals surface area contributed by atoms with Gasteiger partial charge < -0.3 is 11.1 Å². The summed E-state index contributed by atoms with van der Waals surface area (Å²) in [5.74, 6) is 2.06. The summed E-state index contributed by atoms with van der Waals surface area (Å²) in [6.45, 7) is 10.1. The molecule has 1 aliphatic rings. The molecule has 0 amide bonds. The van der Waals surface area contributed by atoms with Crippen LogP contribution in [0, 0.1) is 11.3 Å². The number of hydrogen-bond donors (Lipinski definition) is 2. The molecule has 1 aromatic heterocycles. The number of nitrogens with two attached hydrogens (primary N) is 1. The number of nitrogen functional groups attached to an aromatic ring is 1. The van der Waals surface area contributed by atoms with Gasteiger partial charge in [0.1, 0.15) is 10.8 Å². The van der Waals surface area contributed by atoms with E-state index in [0.29, 0.717) is 17.3 Å².